The Morgan fingerprint density at radius 2 is 1.96 bits per heavy atom. The molecule has 1 amide bonds. The largest absolute Gasteiger partial charge is 0.348 e. The van der Waals surface area contributed by atoms with Crippen molar-refractivity contribution in [1.82, 2.24) is 4.90 Å². The minimum absolute atomic E-state index is 0.0331. The Morgan fingerprint density at radius 1 is 1.21 bits per heavy atom. The van der Waals surface area contributed by atoms with Crippen molar-refractivity contribution < 1.29 is 14.3 Å². The van der Waals surface area contributed by atoms with Crippen molar-refractivity contribution in [2.45, 2.75) is 37.5 Å². The van der Waals surface area contributed by atoms with Gasteiger partial charge < -0.3 is 14.4 Å². The predicted molar refractivity (Wildman–Crippen MR) is 87.0 cm³/mol. The molecule has 3 fully saturated rings. The summed E-state index contributed by atoms with van der Waals surface area (Å²) < 4.78 is 11.7. The first kappa shape index (κ1) is 15.6. The van der Waals surface area contributed by atoms with Crippen LogP contribution in [0.2, 0.25) is 0 Å². The molecule has 1 aromatic carbocycles. The fourth-order valence-corrected chi connectivity index (χ4v) is 4.47. The summed E-state index contributed by atoms with van der Waals surface area (Å²) in [7, 11) is 0. The molecule has 2 aliphatic heterocycles. The molecule has 3 atom stereocenters. The molecule has 0 bridgehead atoms. The number of carbonyl (C=O) groups excluding carboxylic acids is 1. The van der Waals surface area contributed by atoms with Crippen molar-refractivity contribution in [3.8, 4) is 6.07 Å². The fourth-order valence-electron chi connectivity index (χ4n) is 4.47. The quantitative estimate of drug-likeness (QED) is 0.796. The van der Waals surface area contributed by atoms with Crippen molar-refractivity contribution in [2.75, 3.05) is 19.8 Å². The first-order valence-electron chi connectivity index (χ1n) is 8.74. The monoisotopic (exact) mass is 326 g/mol. The Kier molecular flexibility index (Phi) is 4.03. The molecule has 0 aromatic heterocycles. The van der Waals surface area contributed by atoms with Crippen LogP contribution in [-0.4, -0.2) is 42.4 Å². The zero-order valence-corrected chi connectivity index (χ0v) is 13.7. The third-order valence-corrected chi connectivity index (χ3v) is 5.71. The fraction of sp³-hybridized carbons (Fsp3) is 0.579. The highest BCUT2D eigenvalue weighted by Gasteiger charge is 2.49. The molecule has 1 aromatic rings. The number of nitriles is 1. The van der Waals surface area contributed by atoms with E-state index in [-0.39, 0.29) is 11.9 Å². The van der Waals surface area contributed by atoms with E-state index in [0.29, 0.717) is 43.6 Å². The lowest BCUT2D eigenvalue weighted by Gasteiger charge is -2.48. The van der Waals surface area contributed by atoms with E-state index in [0.717, 1.165) is 19.3 Å². The van der Waals surface area contributed by atoms with Crippen molar-refractivity contribution >= 4 is 5.91 Å². The number of hydrogen-bond donors (Lipinski definition) is 0. The maximum absolute atomic E-state index is 12.8. The lowest BCUT2D eigenvalue weighted by Crippen LogP contribution is -2.53. The normalized spacial score (nSPS) is 31.5. The highest BCUT2D eigenvalue weighted by atomic mass is 16.7. The number of piperidine rings is 1. The van der Waals surface area contributed by atoms with Crippen LogP contribution in [0.3, 0.4) is 0 Å². The van der Waals surface area contributed by atoms with Gasteiger partial charge in [0, 0.05) is 24.9 Å². The number of ether oxygens (including phenoxy) is 2. The van der Waals surface area contributed by atoms with E-state index in [4.69, 9.17) is 9.47 Å². The molecule has 5 heteroatoms. The Balaban J connectivity index is 1.51. The molecule has 5 nitrogen and oxygen atoms in total. The topological polar surface area (TPSA) is 62.6 Å². The van der Waals surface area contributed by atoms with Crippen LogP contribution in [0, 0.1) is 23.2 Å². The van der Waals surface area contributed by atoms with Crippen molar-refractivity contribution in [2.24, 2.45) is 11.8 Å². The number of hydrogen-bond acceptors (Lipinski definition) is 4. The maximum atomic E-state index is 12.8. The number of fused-ring (bicyclic) bond motifs is 1. The van der Waals surface area contributed by atoms with Gasteiger partial charge in [0.1, 0.15) is 6.04 Å². The van der Waals surface area contributed by atoms with Crippen LogP contribution in [-0.2, 0) is 9.47 Å². The third kappa shape index (κ3) is 2.70. The average molecular weight is 326 g/mol. The van der Waals surface area contributed by atoms with Crippen molar-refractivity contribution in [1.29, 1.82) is 5.26 Å². The highest BCUT2D eigenvalue weighted by molar-refractivity contribution is 5.94. The first-order valence-corrected chi connectivity index (χ1v) is 8.74. The summed E-state index contributed by atoms with van der Waals surface area (Å²) in [5.41, 5.74) is 0.658. The molecule has 1 spiro atoms. The summed E-state index contributed by atoms with van der Waals surface area (Å²) in [5, 5.41) is 9.60. The summed E-state index contributed by atoms with van der Waals surface area (Å²) in [5.74, 6) is 0.364. The van der Waals surface area contributed by atoms with Gasteiger partial charge in [-0.1, -0.05) is 18.2 Å². The molecule has 0 radical (unpaired) electrons. The van der Waals surface area contributed by atoms with Crippen LogP contribution in [0.1, 0.15) is 36.0 Å². The first-order chi connectivity index (χ1) is 11.7. The minimum atomic E-state index is -0.424. The van der Waals surface area contributed by atoms with Gasteiger partial charge in [0.2, 0.25) is 0 Å². The molecular formula is C19H22N2O3. The molecule has 1 saturated carbocycles. The Bertz CT molecular complexity index is 648. The molecule has 1 aliphatic carbocycles. The molecule has 3 aliphatic rings. The standard InChI is InChI=1S/C19H22N2O3/c20-12-17-10-16-11-19(23-8-9-24-19)7-6-15(16)13-21(17)18(22)14-4-2-1-3-5-14/h1-5,15-17H,6-11,13H2/t15-,16-,17-/m1/s1. The SMILES string of the molecule is N#C[C@H]1C[C@@H]2CC3(CC[C@@H]2CN1C(=O)c1ccccc1)OCCO3. The second-order valence-corrected chi connectivity index (χ2v) is 7.07. The van der Waals surface area contributed by atoms with Gasteiger partial charge in [-0.25, -0.2) is 0 Å². The number of nitrogens with zero attached hydrogens (tertiary/aromatic N) is 2. The number of amides is 1. The Hall–Kier alpha value is -1.90. The van der Waals surface area contributed by atoms with E-state index >= 15 is 0 Å². The van der Waals surface area contributed by atoms with Gasteiger partial charge >= 0.3 is 0 Å². The number of benzene rings is 1. The number of likely N-dealkylation sites (tertiary alicyclic amines) is 1. The van der Waals surface area contributed by atoms with Gasteiger partial charge in [0.15, 0.2) is 5.79 Å². The van der Waals surface area contributed by atoms with E-state index < -0.39 is 5.79 Å². The predicted octanol–water partition coefficient (Wildman–Crippen LogP) is 2.58. The van der Waals surface area contributed by atoms with Gasteiger partial charge in [0.25, 0.3) is 5.91 Å². The lowest BCUT2D eigenvalue weighted by atomic mass is 9.70. The van der Waals surface area contributed by atoms with E-state index in [9.17, 15) is 10.1 Å². The smallest absolute Gasteiger partial charge is 0.254 e. The molecule has 126 valence electrons. The van der Waals surface area contributed by atoms with Gasteiger partial charge in [-0.05, 0) is 36.8 Å². The van der Waals surface area contributed by atoms with Gasteiger partial charge in [-0.2, -0.15) is 5.26 Å². The van der Waals surface area contributed by atoms with E-state index in [1.165, 1.54) is 0 Å². The van der Waals surface area contributed by atoms with Gasteiger partial charge in [0.05, 0.1) is 19.3 Å². The van der Waals surface area contributed by atoms with Crippen LogP contribution >= 0.6 is 0 Å². The van der Waals surface area contributed by atoms with Crippen molar-refractivity contribution in [3.05, 3.63) is 35.9 Å². The van der Waals surface area contributed by atoms with Gasteiger partial charge in [-0.3, -0.25) is 4.79 Å². The summed E-state index contributed by atoms with van der Waals surface area (Å²) in [6.45, 7) is 1.99. The van der Waals surface area contributed by atoms with E-state index in [1.54, 1.807) is 4.90 Å². The molecule has 0 N–H and O–H groups in total. The van der Waals surface area contributed by atoms with E-state index in [1.807, 2.05) is 30.3 Å². The Morgan fingerprint density at radius 3 is 2.67 bits per heavy atom. The van der Waals surface area contributed by atoms with E-state index in [2.05, 4.69) is 6.07 Å². The molecule has 4 rings (SSSR count). The minimum Gasteiger partial charge on any atom is -0.348 e. The average Bonchev–Trinajstić information content (AvgIpc) is 3.08. The molecular weight excluding hydrogens is 304 g/mol. The maximum Gasteiger partial charge on any atom is 0.254 e. The lowest BCUT2D eigenvalue weighted by molar-refractivity contribution is -0.200. The van der Waals surface area contributed by atoms with Crippen molar-refractivity contribution in [3.63, 3.8) is 0 Å². The van der Waals surface area contributed by atoms with Crippen LogP contribution < -0.4 is 0 Å². The summed E-state index contributed by atoms with van der Waals surface area (Å²) in [6.07, 6.45) is 3.44. The van der Waals surface area contributed by atoms with Crippen LogP contribution in [0.4, 0.5) is 0 Å². The second kappa shape index (κ2) is 6.19. The molecule has 2 heterocycles. The van der Waals surface area contributed by atoms with Crippen LogP contribution in [0.5, 0.6) is 0 Å². The van der Waals surface area contributed by atoms with Crippen LogP contribution in [0.15, 0.2) is 30.3 Å². The molecule has 2 saturated heterocycles. The zero-order valence-electron chi connectivity index (χ0n) is 13.7. The third-order valence-electron chi connectivity index (χ3n) is 5.71. The highest BCUT2D eigenvalue weighted by Crippen LogP contribution is 2.46. The summed E-state index contributed by atoms with van der Waals surface area (Å²) >= 11 is 0. The number of rotatable bonds is 1. The van der Waals surface area contributed by atoms with Crippen LogP contribution in [0.25, 0.3) is 0 Å². The van der Waals surface area contributed by atoms with Gasteiger partial charge in [-0.15, -0.1) is 0 Å². The number of carbonyl (C=O) groups is 1. The summed E-state index contributed by atoms with van der Waals surface area (Å²) in [6, 6.07) is 11.2. The Labute approximate surface area is 142 Å². The summed E-state index contributed by atoms with van der Waals surface area (Å²) in [4.78, 5) is 14.6. The second-order valence-electron chi connectivity index (χ2n) is 7.07. The zero-order chi connectivity index (χ0) is 16.6. The molecule has 0 unspecified atom stereocenters. The molecule has 24 heavy (non-hydrogen) atoms.